The maximum absolute atomic E-state index is 11.3. The van der Waals surface area contributed by atoms with Crippen molar-refractivity contribution in [2.45, 2.75) is 65.7 Å². The molecular formula is C15H30O3. The molecule has 0 aliphatic heterocycles. The summed E-state index contributed by atoms with van der Waals surface area (Å²) in [4.78, 5) is 11.3. The lowest BCUT2D eigenvalue weighted by atomic mass is 10.0. The van der Waals surface area contributed by atoms with Crippen LogP contribution in [0.3, 0.4) is 0 Å². The maximum atomic E-state index is 11.3. The molecule has 0 bridgehead atoms. The summed E-state index contributed by atoms with van der Waals surface area (Å²) in [6.45, 7) is 6.34. The predicted octanol–water partition coefficient (Wildman–Crippen LogP) is 3.54. The van der Waals surface area contributed by atoms with E-state index >= 15 is 0 Å². The van der Waals surface area contributed by atoms with Crippen LogP contribution in [0.4, 0.5) is 0 Å². The second-order valence-corrected chi connectivity index (χ2v) is 5.39. The molecule has 0 fully saturated rings. The molecule has 0 aliphatic carbocycles. The lowest BCUT2D eigenvalue weighted by molar-refractivity contribution is -0.149. The van der Waals surface area contributed by atoms with E-state index in [1.54, 1.807) is 0 Å². The fourth-order valence-corrected chi connectivity index (χ4v) is 1.81. The average molecular weight is 258 g/mol. The van der Waals surface area contributed by atoms with Gasteiger partial charge < -0.3 is 9.84 Å². The van der Waals surface area contributed by atoms with E-state index in [2.05, 4.69) is 6.92 Å². The molecule has 18 heavy (non-hydrogen) atoms. The molecule has 3 heteroatoms. The highest BCUT2D eigenvalue weighted by atomic mass is 16.5. The minimum atomic E-state index is -0.170. The van der Waals surface area contributed by atoms with Crippen molar-refractivity contribution >= 4 is 5.97 Å². The van der Waals surface area contributed by atoms with E-state index in [4.69, 9.17) is 4.74 Å². The van der Waals surface area contributed by atoms with Crippen molar-refractivity contribution in [2.24, 2.45) is 11.8 Å². The van der Waals surface area contributed by atoms with Gasteiger partial charge in [0.05, 0.1) is 12.5 Å². The monoisotopic (exact) mass is 258 g/mol. The molecule has 0 aliphatic rings. The Morgan fingerprint density at radius 1 is 1.11 bits per heavy atom. The number of unbranched alkanes of at least 4 members (excludes halogenated alkanes) is 5. The molecule has 0 radical (unpaired) electrons. The average Bonchev–Trinajstić information content (AvgIpc) is 2.36. The molecule has 0 rings (SSSR count). The molecule has 108 valence electrons. The standard InChI is InChI=1S/C15H30O3/c1-4-5-6-7-8-9-10-14(11-16)12-18-15(17)13(2)3/h13-14,16H,4-12H2,1-3H3/t14-/m0/s1. The Balaban J connectivity index is 3.55. The highest BCUT2D eigenvalue weighted by Gasteiger charge is 2.13. The van der Waals surface area contributed by atoms with Gasteiger partial charge in [0, 0.05) is 12.5 Å². The molecule has 1 N–H and O–H groups in total. The van der Waals surface area contributed by atoms with Gasteiger partial charge in [0.15, 0.2) is 0 Å². The second kappa shape index (κ2) is 11.5. The zero-order valence-corrected chi connectivity index (χ0v) is 12.3. The normalized spacial score (nSPS) is 12.7. The summed E-state index contributed by atoms with van der Waals surface area (Å²) in [5.41, 5.74) is 0. The van der Waals surface area contributed by atoms with Gasteiger partial charge in [-0.15, -0.1) is 0 Å². The lowest BCUT2D eigenvalue weighted by Crippen LogP contribution is -2.20. The van der Waals surface area contributed by atoms with Crippen LogP contribution in [0.25, 0.3) is 0 Å². The van der Waals surface area contributed by atoms with E-state index < -0.39 is 0 Å². The van der Waals surface area contributed by atoms with Crippen LogP contribution in [-0.2, 0) is 9.53 Å². The highest BCUT2D eigenvalue weighted by molar-refractivity contribution is 5.71. The van der Waals surface area contributed by atoms with Gasteiger partial charge in [-0.25, -0.2) is 0 Å². The number of esters is 1. The van der Waals surface area contributed by atoms with Gasteiger partial charge in [-0.1, -0.05) is 59.3 Å². The molecule has 0 amide bonds. The lowest BCUT2D eigenvalue weighted by Gasteiger charge is -2.15. The first-order chi connectivity index (χ1) is 8.61. The topological polar surface area (TPSA) is 46.5 Å². The van der Waals surface area contributed by atoms with Crippen LogP contribution in [0.1, 0.15) is 65.7 Å². The highest BCUT2D eigenvalue weighted by Crippen LogP contribution is 2.13. The van der Waals surface area contributed by atoms with Gasteiger partial charge >= 0.3 is 5.97 Å². The van der Waals surface area contributed by atoms with Crippen LogP contribution >= 0.6 is 0 Å². The smallest absolute Gasteiger partial charge is 0.308 e. The SMILES string of the molecule is CCCCCCCC[C@@H](CO)COC(=O)C(C)C. The molecule has 0 saturated carbocycles. The Kier molecular flexibility index (Phi) is 11.2. The number of carbonyl (C=O) groups is 1. The quantitative estimate of drug-likeness (QED) is 0.455. The number of aliphatic hydroxyl groups is 1. The zero-order chi connectivity index (χ0) is 13.8. The van der Waals surface area contributed by atoms with Crippen molar-refractivity contribution in [2.75, 3.05) is 13.2 Å². The van der Waals surface area contributed by atoms with Gasteiger partial charge in [-0.3, -0.25) is 4.79 Å². The van der Waals surface area contributed by atoms with Crippen molar-refractivity contribution in [1.29, 1.82) is 0 Å². The molecule has 1 atom stereocenters. The van der Waals surface area contributed by atoms with Crippen molar-refractivity contribution < 1.29 is 14.6 Å². The minimum absolute atomic E-state index is 0.0848. The fraction of sp³-hybridized carbons (Fsp3) is 0.933. The molecule has 0 aromatic heterocycles. The van der Waals surface area contributed by atoms with Crippen molar-refractivity contribution in [3.05, 3.63) is 0 Å². The van der Waals surface area contributed by atoms with E-state index in [9.17, 15) is 9.90 Å². The number of rotatable bonds is 11. The van der Waals surface area contributed by atoms with Gasteiger partial charge in [0.2, 0.25) is 0 Å². The first kappa shape index (κ1) is 17.4. The summed E-state index contributed by atoms with van der Waals surface area (Å²) in [5.74, 6) is -0.145. The molecule has 0 saturated heterocycles. The third-order valence-electron chi connectivity index (χ3n) is 3.16. The Morgan fingerprint density at radius 2 is 1.72 bits per heavy atom. The van der Waals surface area contributed by atoms with E-state index in [1.165, 1.54) is 32.1 Å². The van der Waals surface area contributed by atoms with Gasteiger partial charge in [-0.2, -0.15) is 0 Å². The number of ether oxygens (including phenoxy) is 1. The zero-order valence-electron chi connectivity index (χ0n) is 12.3. The Morgan fingerprint density at radius 3 is 2.28 bits per heavy atom. The summed E-state index contributed by atoms with van der Waals surface area (Å²) in [7, 11) is 0. The van der Waals surface area contributed by atoms with Gasteiger partial charge in [-0.05, 0) is 6.42 Å². The van der Waals surface area contributed by atoms with Crippen LogP contribution < -0.4 is 0 Å². The maximum Gasteiger partial charge on any atom is 0.308 e. The van der Waals surface area contributed by atoms with Crippen molar-refractivity contribution in [3.63, 3.8) is 0 Å². The Hall–Kier alpha value is -0.570. The van der Waals surface area contributed by atoms with Crippen LogP contribution in [0.2, 0.25) is 0 Å². The first-order valence-corrected chi connectivity index (χ1v) is 7.39. The largest absolute Gasteiger partial charge is 0.465 e. The third kappa shape index (κ3) is 9.46. The molecular weight excluding hydrogens is 228 g/mol. The van der Waals surface area contributed by atoms with E-state index in [0.717, 1.165) is 12.8 Å². The minimum Gasteiger partial charge on any atom is -0.465 e. The third-order valence-corrected chi connectivity index (χ3v) is 3.16. The summed E-state index contributed by atoms with van der Waals surface area (Å²) in [6, 6.07) is 0. The van der Waals surface area contributed by atoms with Crippen LogP contribution in [-0.4, -0.2) is 24.3 Å². The van der Waals surface area contributed by atoms with E-state index in [-0.39, 0.29) is 24.4 Å². The van der Waals surface area contributed by atoms with E-state index in [0.29, 0.717) is 6.61 Å². The van der Waals surface area contributed by atoms with E-state index in [1.807, 2.05) is 13.8 Å². The molecule has 0 heterocycles. The number of aliphatic hydroxyl groups excluding tert-OH is 1. The summed E-state index contributed by atoms with van der Waals surface area (Å²) < 4.78 is 5.15. The van der Waals surface area contributed by atoms with Gasteiger partial charge in [0.1, 0.15) is 0 Å². The van der Waals surface area contributed by atoms with Crippen molar-refractivity contribution in [3.8, 4) is 0 Å². The molecule has 0 aromatic carbocycles. The predicted molar refractivity (Wildman–Crippen MR) is 74.4 cm³/mol. The molecule has 0 unspecified atom stereocenters. The first-order valence-electron chi connectivity index (χ1n) is 7.39. The number of hydrogen-bond acceptors (Lipinski definition) is 3. The summed E-state index contributed by atoms with van der Waals surface area (Å²) in [6.07, 6.45) is 8.46. The fourth-order valence-electron chi connectivity index (χ4n) is 1.81. The summed E-state index contributed by atoms with van der Waals surface area (Å²) in [5, 5.41) is 9.23. The van der Waals surface area contributed by atoms with Crippen LogP contribution in [0, 0.1) is 11.8 Å². The van der Waals surface area contributed by atoms with Gasteiger partial charge in [0.25, 0.3) is 0 Å². The van der Waals surface area contributed by atoms with Crippen LogP contribution in [0.15, 0.2) is 0 Å². The second-order valence-electron chi connectivity index (χ2n) is 5.39. The Labute approximate surface area is 112 Å². The van der Waals surface area contributed by atoms with Crippen LogP contribution in [0.5, 0.6) is 0 Å². The molecule has 0 aromatic rings. The molecule has 0 spiro atoms. The summed E-state index contributed by atoms with van der Waals surface area (Å²) >= 11 is 0. The molecule has 3 nitrogen and oxygen atoms in total. The van der Waals surface area contributed by atoms with Crippen molar-refractivity contribution in [1.82, 2.24) is 0 Å². The number of carbonyl (C=O) groups excluding carboxylic acids is 1. The number of hydrogen-bond donors (Lipinski definition) is 1. The Bertz CT molecular complexity index is 202.